The number of methoxy groups -OCH3 is 2. The molecule has 4 aromatic rings. The summed E-state index contributed by atoms with van der Waals surface area (Å²) in [7, 11) is 3.20. The molecule has 2 aromatic heterocycles. The second-order valence-corrected chi connectivity index (χ2v) is 7.96. The number of fused-ring (bicyclic) bond motifs is 1. The molecule has 7 heteroatoms. The summed E-state index contributed by atoms with van der Waals surface area (Å²) in [5.74, 6) is 1.17. The molecule has 1 amide bonds. The van der Waals surface area contributed by atoms with Crippen molar-refractivity contribution in [2.75, 3.05) is 14.2 Å². The van der Waals surface area contributed by atoms with Crippen molar-refractivity contribution in [1.29, 1.82) is 0 Å². The molecular formula is C25H24ClN3O3. The number of nitrogens with zero attached hydrogens (tertiary/aromatic N) is 2. The normalized spacial score (nSPS) is 10.9. The Balaban J connectivity index is 1.71. The summed E-state index contributed by atoms with van der Waals surface area (Å²) in [6.07, 6.45) is 3.45. The number of aryl methyl sites for hydroxylation is 1. The maximum atomic E-state index is 13.7. The van der Waals surface area contributed by atoms with Crippen LogP contribution in [0, 0.1) is 6.92 Å². The molecule has 0 saturated carbocycles. The van der Waals surface area contributed by atoms with Gasteiger partial charge in [-0.25, -0.2) is 0 Å². The number of pyridine rings is 1. The van der Waals surface area contributed by atoms with Gasteiger partial charge in [-0.3, -0.25) is 9.78 Å². The van der Waals surface area contributed by atoms with E-state index in [1.54, 1.807) is 31.5 Å². The molecular weight excluding hydrogens is 426 g/mol. The Kier molecular flexibility index (Phi) is 6.32. The van der Waals surface area contributed by atoms with Crippen molar-refractivity contribution in [3.63, 3.8) is 0 Å². The van der Waals surface area contributed by atoms with E-state index in [0.717, 1.165) is 27.6 Å². The Morgan fingerprint density at radius 3 is 2.41 bits per heavy atom. The van der Waals surface area contributed by atoms with Gasteiger partial charge in [0.05, 0.1) is 14.2 Å². The summed E-state index contributed by atoms with van der Waals surface area (Å²) >= 11 is 6.17. The first-order valence-electron chi connectivity index (χ1n) is 10.2. The predicted octanol–water partition coefficient (Wildman–Crippen LogP) is 5.38. The van der Waals surface area contributed by atoms with Crippen LogP contribution >= 0.6 is 11.6 Å². The highest BCUT2D eigenvalue weighted by atomic mass is 35.5. The Morgan fingerprint density at radius 1 is 0.969 bits per heavy atom. The number of benzene rings is 2. The van der Waals surface area contributed by atoms with E-state index in [2.05, 4.69) is 9.97 Å². The number of rotatable bonds is 7. The van der Waals surface area contributed by atoms with Crippen LogP contribution in [0.3, 0.4) is 0 Å². The minimum Gasteiger partial charge on any atom is -0.493 e. The molecule has 4 rings (SSSR count). The van der Waals surface area contributed by atoms with Crippen molar-refractivity contribution in [2.45, 2.75) is 20.0 Å². The number of ether oxygens (including phenoxy) is 2. The lowest BCUT2D eigenvalue weighted by Gasteiger charge is -2.23. The number of H-pyrrole nitrogens is 1. The number of aromatic nitrogens is 2. The smallest absolute Gasteiger partial charge is 0.271 e. The number of hydrogen-bond acceptors (Lipinski definition) is 4. The average Bonchev–Trinajstić information content (AvgIpc) is 3.14. The molecule has 0 spiro atoms. The quantitative estimate of drug-likeness (QED) is 0.411. The van der Waals surface area contributed by atoms with Crippen molar-refractivity contribution in [3.8, 4) is 11.5 Å². The highest BCUT2D eigenvalue weighted by Gasteiger charge is 2.22. The maximum absolute atomic E-state index is 13.7. The zero-order valence-corrected chi connectivity index (χ0v) is 18.9. The van der Waals surface area contributed by atoms with Crippen LogP contribution in [0.1, 0.15) is 27.2 Å². The molecule has 0 unspecified atom stereocenters. The first-order chi connectivity index (χ1) is 15.5. The van der Waals surface area contributed by atoms with Gasteiger partial charge in [-0.1, -0.05) is 17.7 Å². The summed E-state index contributed by atoms with van der Waals surface area (Å²) in [4.78, 5) is 22.9. The molecule has 1 N–H and O–H groups in total. The van der Waals surface area contributed by atoms with E-state index in [4.69, 9.17) is 21.1 Å². The molecule has 2 aromatic carbocycles. The van der Waals surface area contributed by atoms with Crippen molar-refractivity contribution >= 4 is 28.4 Å². The van der Waals surface area contributed by atoms with Gasteiger partial charge in [-0.05, 0) is 66.1 Å². The van der Waals surface area contributed by atoms with Crippen molar-refractivity contribution in [2.24, 2.45) is 0 Å². The maximum Gasteiger partial charge on any atom is 0.271 e. The van der Waals surface area contributed by atoms with Crippen LogP contribution in [0.25, 0.3) is 10.9 Å². The number of carbonyl (C=O) groups is 1. The molecule has 0 saturated heterocycles. The van der Waals surface area contributed by atoms with E-state index in [1.165, 1.54) is 0 Å². The molecule has 0 bridgehead atoms. The molecule has 6 nitrogen and oxygen atoms in total. The second-order valence-electron chi connectivity index (χ2n) is 7.52. The minimum absolute atomic E-state index is 0.0959. The lowest BCUT2D eigenvalue weighted by Crippen LogP contribution is -2.31. The fraction of sp³-hybridized carbons (Fsp3) is 0.200. The summed E-state index contributed by atoms with van der Waals surface area (Å²) in [5, 5.41) is 1.58. The molecule has 32 heavy (non-hydrogen) atoms. The highest BCUT2D eigenvalue weighted by molar-refractivity contribution is 6.31. The highest BCUT2D eigenvalue weighted by Crippen LogP contribution is 2.30. The van der Waals surface area contributed by atoms with Crippen LogP contribution in [0.2, 0.25) is 5.02 Å². The fourth-order valence-corrected chi connectivity index (χ4v) is 3.95. The van der Waals surface area contributed by atoms with E-state index < -0.39 is 0 Å². The van der Waals surface area contributed by atoms with Gasteiger partial charge in [0.25, 0.3) is 5.91 Å². The Bertz CT molecular complexity index is 1250. The van der Waals surface area contributed by atoms with Crippen molar-refractivity contribution in [3.05, 3.63) is 88.3 Å². The molecule has 0 radical (unpaired) electrons. The summed E-state index contributed by atoms with van der Waals surface area (Å²) in [6, 6.07) is 15.1. The third-order valence-corrected chi connectivity index (χ3v) is 5.70. The second kappa shape index (κ2) is 9.32. The lowest BCUT2D eigenvalue weighted by atomic mass is 10.1. The van der Waals surface area contributed by atoms with Gasteiger partial charge < -0.3 is 19.4 Å². The monoisotopic (exact) mass is 449 g/mol. The molecule has 2 heterocycles. The van der Waals surface area contributed by atoms with Gasteiger partial charge in [-0.2, -0.15) is 0 Å². The molecule has 164 valence electrons. The van der Waals surface area contributed by atoms with Gasteiger partial charge in [-0.15, -0.1) is 0 Å². The molecule has 0 aliphatic carbocycles. The Labute approximate surface area is 191 Å². The molecule has 0 atom stereocenters. The summed E-state index contributed by atoms with van der Waals surface area (Å²) < 4.78 is 10.8. The van der Waals surface area contributed by atoms with E-state index in [9.17, 15) is 4.79 Å². The molecule has 0 aliphatic rings. The van der Waals surface area contributed by atoms with Crippen LogP contribution in [-0.2, 0) is 13.1 Å². The van der Waals surface area contributed by atoms with Crippen molar-refractivity contribution < 1.29 is 14.3 Å². The zero-order valence-electron chi connectivity index (χ0n) is 18.2. The van der Waals surface area contributed by atoms with Crippen LogP contribution in [0.4, 0.5) is 0 Å². The largest absolute Gasteiger partial charge is 0.493 e. The minimum atomic E-state index is -0.0959. The lowest BCUT2D eigenvalue weighted by molar-refractivity contribution is 0.0724. The number of amides is 1. The average molecular weight is 450 g/mol. The van der Waals surface area contributed by atoms with E-state index in [0.29, 0.717) is 35.3 Å². The van der Waals surface area contributed by atoms with Gasteiger partial charge in [0.1, 0.15) is 5.69 Å². The Morgan fingerprint density at radius 2 is 1.69 bits per heavy atom. The van der Waals surface area contributed by atoms with Crippen LogP contribution in [0.15, 0.2) is 60.9 Å². The molecule has 0 aliphatic heterocycles. The fourth-order valence-electron chi connectivity index (χ4n) is 3.78. The summed E-state index contributed by atoms with van der Waals surface area (Å²) in [5.41, 5.74) is 4.23. The number of aromatic amines is 1. The molecule has 0 fully saturated rings. The van der Waals surface area contributed by atoms with Crippen LogP contribution in [0.5, 0.6) is 11.5 Å². The first-order valence-corrected chi connectivity index (χ1v) is 10.5. The van der Waals surface area contributed by atoms with Gasteiger partial charge >= 0.3 is 0 Å². The van der Waals surface area contributed by atoms with Gasteiger partial charge in [0, 0.05) is 41.4 Å². The van der Waals surface area contributed by atoms with E-state index in [1.807, 2.05) is 55.5 Å². The van der Waals surface area contributed by atoms with E-state index >= 15 is 0 Å². The first kappa shape index (κ1) is 21.7. The number of carbonyl (C=O) groups excluding carboxylic acids is 1. The third kappa shape index (κ3) is 4.41. The van der Waals surface area contributed by atoms with Gasteiger partial charge in [0.2, 0.25) is 0 Å². The van der Waals surface area contributed by atoms with Crippen molar-refractivity contribution in [1.82, 2.24) is 14.9 Å². The van der Waals surface area contributed by atoms with Gasteiger partial charge in [0.15, 0.2) is 11.5 Å². The summed E-state index contributed by atoms with van der Waals surface area (Å²) in [6.45, 7) is 2.77. The topological polar surface area (TPSA) is 67.5 Å². The predicted molar refractivity (Wildman–Crippen MR) is 125 cm³/mol. The van der Waals surface area contributed by atoms with Crippen LogP contribution < -0.4 is 9.47 Å². The van der Waals surface area contributed by atoms with Crippen LogP contribution in [-0.4, -0.2) is 35.0 Å². The number of nitrogens with one attached hydrogen (secondary N) is 1. The zero-order chi connectivity index (χ0) is 22.7. The number of halogens is 1. The SMILES string of the molecule is COc1ccc(CN(Cc2ccncc2)C(=O)c2[nH]c3ccc(Cl)cc3c2C)cc1OC. The van der Waals surface area contributed by atoms with E-state index in [-0.39, 0.29) is 5.91 Å². The standard InChI is InChI=1S/C25H24ClN3O3/c1-16-20-13-19(26)5-6-21(20)28-24(16)25(30)29(14-17-8-10-27-11-9-17)15-18-4-7-22(31-2)23(12-18)32-3/h4-13,28H,14-15H2,1-3H3. The Hall–Kier alpha value is -3.51. The third-order valence-electron chi connectivity index (χ3n) is 5.47. The number of hydrogen-bond donors (Lipinski definition) is 1.